The second-order valence-corrected chi connectivity index (χ2v) is 8.87. The van der Waals surface area contributed by atoms with Gasteiger partial charge in [-0.2, -0.15) is 0 Å². The van der Waals surface area contributed by atoms with Gasteiger partial charge in [-0.25, -0.2) is 4.98 Å². The standard InChI is InChI=1S/C26H16ClIN2O3/c27-21-7-2-1-6-20(21)23-12-9-19(32-23)10-13-25(31)29-18-8-11-24-22(15-18)30-26(33-24)16-4-3-5-17(28)14-16/h1-15H,(H,29,31)/b13-10+. The van der Waals surface area contributed by atoms with Crippen molar-refractivity contribution < 1.29 is 13.6 Å². The highest BCUT2D eigenvalue weighted by molar-refractivity contribution is 14.1. The summed E-state index contributed by atoms with van der Waals surface area (Å²) in [7, 11) is 0. The molecule has 0 aliphatic rings. The van der Waals surface area contributed by atoms with Crippen LogP contribution in [0.1, 0.15) is 5.76 Å². The molecule has 0 aliphatic heterocycles. The fourth-order valence-corrected chi connectivity index (χ4v) is 4.11. The highest BCUT2D eigenvalue weighted by atomic mass is 127. The molecule has 3 aromatic carbocycles. The molecule has 5 nitrogen and oxygen atoms in total. The zero-order valence-electron chi connectivity index (χ0n) is 17.1. The van der Waals surface area contributed by atoms with Crippen molar-refractivity contribution >= 4 is 63.0 Å². The number of anilines is 1. The van der Waals surface area contributed by atoms with Gasteiger partial charge in [-0.05, 0) is 89.3 Å². The second kappa shape index (κ2) is 9.25. The molecule has 162 valence electrons. The highest BCUT2D eigenvalue weighted by Gasteiger charge is 2.10. The Morgan fingerprint density at radius 2 is 1.85 bits per heavy atom. The Morgan fingerprint density at radius 3 is 2.70 bits per heavy atom. The van der Waals surface area contributed by atoms with Crippen molar-refractivity contribution in [3.05, 3.63) is 99.3 Å². The molecule has 0 radical (unpaired) electrons. The van der Waals surface area contributed by atoms with Gasteiger partial charge in [-0.3, -0.25) is 4.79 Å². The topological polar surface area (TPSA) is 68.3 Å². The Balaban J connectivity index is 1.29. The number of carbonyl (C=O) groups excluding carboxylic acids is 1. The van der Waals surface area contributed by atoms with Crippen molar-refractivity contribution in [3.63, 3.8) is 0 Å². The SMILES string of the molecule is O=C(/C=C/c1ccc(-c2ccccc2Cl)o1)Nc1ccc2oc(-c3cccc(I)c3)nc2c1. The van der Waals surface area contributed by atoms with Gasteiger partial charge in [-0.15, -0.1) is 0 Å². The zero-order chi connectivity index (χ0) is 22.8. The fraction of sp³-hybridized carbons (Fsp3) is 0. The third-order valence-electron chi connectivity index (χ3n) is 4.89. The predicted octanol–water partition coefficient (Wildman–Crippen LogP) is 7.66. The number of rotatable bonds is 5. The van der Waals surface area contributed by atoms with Crippen LogP contribution in [0.25, 0.3) is 40.0 Å². The van der Waals surface area contributed by atoms with Crippen LogP contribution < -0.4 is 5.32 Å². The third kappa shape index (κ3) is 4.86. The van der Waals surface area contributed by atoms with Gasteiger partial charge in [-0.1, -0.05) is 29.8 Å². The minimum atomic E-state index is -0.286. The summed E-state index contributed by atoms with van der Waals surface area (Å²) in [6.07, 6.45) is 3.03. The molecule has 7 heteroatoms. The van der Waals surface area contributed by atoms with Gasteiger partial charge in [0.15, 0.2) is 5.58 Å². The summed E-state index contributed by atoms with van der Waals surface area (Å²) in [5.41, 5.74) is 3.65. The molecule has 0 fully saturated rings. The molecule has 2 aromatic heterocycles. The van der Waals surface area contributed by atoms with Gasteiger partial charge in [0.1, 0.15) is 17.0 Å². The molecule has 0 saturated carbocycles. The summed E-state index contributed by atoms with van der Waals surface area (Å²) in [4.78, 5) is 17.0. The lowest BCUT2D eigenvalue weighted by atomic mass is 10.2. The molecular formula is C26H16ClIN2O3. The van der Waals surface area contributed by atoms with Crippen molar-refractivity contribution in [2.45, 2.75) is 0 Å². The van der Waals surface area contributed by atoms with E-state index >= 15 is 0 Å². The smallest absolute Gasteiger partial charge is 0.248 e. The van der Waals surface area contributed by atoms with Crippen molar-refractivity contribution in [2.75, 3.05) is 5.32 Å². The number of fused-ring (bicyclic) bond motifs is 1. The molecule has 1 N–H and O–H groups in total. The first-order valence-corrected chi connectivity index (χ1v) is 11.5. The van der Waals surface area contributed by atoms with E-state index in [2.05, 4.69) is 32.9 Å². The summed E-state index contributed by atoms with van der Waals surface area (Å²) < 4.78 is 12.7. The number of benzene rings is 3. The number of nitrogens with one attached hydrogen (secondary N) is 1. The van der Waals surface area contributed by atoms with Gasteiger partial charge in [0.25, 0.3) is 0 Å². The average Bonchev–Trinajstić information content (AvgIpc) is 3.45. The van der Waals surface area contributed by atoms with Crippen molar-refractivity contribution in [1.29, 1.82) is 0 Å². The molecule has 33 heavy (non-hydrogen) atoms. The zero-order valence-corrected chi connectivity index (χ0v) is 20.0. The van der Waals surface area contributed by atoms with Crippen LogP contribution in [0.3, 0.4) is 0 Å². The van der Waals surface area contributed by atoms with Gasteiger partial charge in [0.2, 0.25) is 11.8 Å². The maximum absolute atomic E-state index is 12.4. The Morgan fingerprint density at radius 1 is 0.970 bits per heavy atom. The number of hydrogen-bond acceptors (Lipinski definition) is 4. The monoisotopic (exact) mass is 566 g/mol. The predicted molar refractivity (Wildman–Crippen MR) is 139 cm³/mol. The number of carbonyl (C=O) groups is 1. The van der Waals surface area contributed by atoms with E-state index in [0.29, 0.717) is 39.2 Å². The van der Waals surface area contributed by atoms with E-state index in [1.54, 1.807) is 36.4 Å². The lowest BCUT2D eigenvalue weighted by molar-refractivity contribution is -0.111. The molecule has 0 aliphatic carbocycles. The summed E-state index contributed by atoms with van der Waals surface area (Å²) in [6, 6.07) is 24.3. The molecule has 0 bridgehead atoms. The Labute approximate surface area is 208 Å². The lowest BCUT2D eigenvalue weighted by Crippen LogP contribution is -2.07. The second-order valence-electron chi connectivity index (χ2n) is 7.22. The largest absolute Gasteiger partial charge is 0.457 e. The minimum Gasteiger partial charge on any atom is -0.457 e. The number of furan rings is 1. The van der Waals surface area contributed by atoms with Crippen LogP contribution in [0.2, 0.25) is 5.02 Å². The quantitative estimate of drug-likeness (QED) is 0.175. The Kier molecular flexibility index (Phi) is 6.02. The van der Waals surface area contributed by atoms with Crippen molar-refractivity contribution in [2.24, 2.45) is 0 Å². The number of amides is 1. The van der Waals surface area contributed by atoms with Gasteiger partial charge < -0.3 is 14.2 Å². The van der Waals surface area contributed by atoms with E-state index in [1.165, 1.54) is 6.08 Å². The van der Waals surface area contributed by atoms with Gasteiger partial charge >= 0.3 is 0 Å². The van der Waals surface area contributed by atoms with Crippen LogP contribution in [0.15, 0.2) is 93.8 Å². The molecule has 0 atom stereocenters. The molecule has 0 unspecified atom stereocenters. The molecule has 0 spiro atoms. The first-order chi connectivity index (χ1) is 16.0. The summed E-state index contributed by atoms with van der Waals surface area (Å²) in [5.74, 6) is 1.45. The van der Waals surface area contributed by atoms with Crippen LogP contribution in [0.5, 0.6) is 0 Å². The van der Waals surface area contributed by atoms with E-state index < -0.39 is 0 Å². The maximum atomic E-state index is 12.4. The lowest BCUT2D eigenvalue weighted by Gasteiger charge is -2.01. The van der Waals surface area contributed by atoms with E-state index in [9.17, 15) is 4.79 Å². The normalized spacial score (nSPS) is 11.3. The Bertz CT molecular complexity index is 1500. The van der Waals surface area contributed by atoms with Crippen LogP contribution >= 0.6 is 34.2 Å². The summed E-state index contributed by atoms with van der Waals surface area (Å²) >= 11 is 8.47. The van der Waals surface area contributed by atoms with E-state index in [0.717, 1.165) is 14.7 Å². The van der Waals surface area contributed by atoms with Crippen molar-refractivity contribution in [3.8, 4) is 22.8 Å². The van der Waals surface area contributed by atoms with Gasteiger partial charge in [0, 0.05) is 26.5 Å². The molecule has 0 saturated heterocycles. The molecule has 2 heterocycles. The molecule has 1 amide bonds. The first-order valence-electron chi connectivity index (χ1n) is 10.1. The van der Waals surface area contributed by atoms with Crippen LogP contribution in [-0.2, 0) is 4.79 Å². The third-order valence-corrected chi connectivity index (χ3v) is 5.89. The minimum absolute atomic E-state index is 0.286. The number of halogens is 2. The van der Waals surface area contributed by atoms with Crippen LogP contribution in [0.4, 0.5) is 5.69 Å². The van der Waals surface area contributed by atoms with E-state index in [1.807, 2.05) is 48.5 Å². The highest BCUT2D eigenvalue weighted by Crippen LogP contribution is 2.30. The molecular weight excluding hydrogens is 551 g/mol. The van der Waals surface area contributed by atoms with E-state index in [4.69, 9.17) is 20.4 Å². The first kappa shape index (κ1) is 21.5. The van der Waals surface area contributed by atoms with E-state index in [-0.39, 0.29) is 5.91 Å². The van der Waals surface area contributed by atoms with Crippen LogP contribution in [0, 0.1) is 3.57 Å². The van der Waals surface area contributed by atoms with Crippen molar-refractivity contribution in [1.82, 2.24) is 4.98 Å². The Hall–Kier alpha value is -3.36. The average molecular weight is 567 g/mol. The summed E-state index contributed by atoms with van der Waals surface area (Å²) in [6.45, 7) is 0. The molecule has 5 rings (SSSR count). The summed E-state index contributed by atoms with van der Waals surface area (Å²) in [5, 5.41) is 3.44. The maximum Gasteiger partial charge on any atom is 0.248 e. The van der Waals surface area contributed by atoms with Gasteiger partial charge in [0.05, 0.1) is 5.02 Å². The number of oxazole rings is 1. The number of aromatic nitrogens is 1. The number of nitrogens with zero attached hydrogens (tertiary/aromatic N) is 1. The van der Waals surface area contributed by atoms with Crippen LogP contribution in [-0.4, -0.2) is 10.9 Å². The number of hydrogen-bond donors (Lipinski definition) is 1. The molecule has 5 aromatic rings. The fourth-order valence-electron chi connectivity index (χ4n) is 3.34.